The van der Waals surface area contributed by atoms with Crippen LogP contribution >= 0.6 is 11.6 Å². The Kier molecular flexibility index (Phi) is 4.67. The Hall–Kier alpha value is -1.17. The van der Waals surface area contributed by atoms with Crippen LogP contribution in [0, 0.1) is 5.92 Å². The maximum atomic E-state index is 12.4. The average Bonchev–Trinajstić information content (AvgIpc) is 2.59. The van der Waals surface area contributed by atoms with E-state index in [1.54, 1.807) is 13.8 Å². The molecule has 0 atom stereocenters. The Morgan fingerprint density at radius 2 is 2.11 bits per heavy atom. The van der Waals surface area contributed by atoms with Gasteiger partial charge in [0.05, 0.1) is 11.8 Å². The maximum absolute atomic E-state index is 12.4. The Morgan fingerprint density at radius 3 is 2.50 bits per heavy atom. The van der Waals surface area contributed by atoms with Crippen LogP contribution in [0.3, 0.4) is 0 Å². The molecule has 0 aliphatic heterocycles. The fourth-order valence-corrected chi connectivity index (χ4v) is 1.69. The van der Waals surface area contributed by atoms with Gasteiger partial charge in [-0.25, -0.2) is 0 Å². The van der Waals surface area contributed by atoms with Gasteiger partial charge in [0.1, 0.15) is 6.54 Å². The Morgan fingerprint density at radius 1 is 1.50 bits per heavy atom. The molecule has 1 aromatic heterocycles. The van der Waals surface area contributed by atoms with Gasteiger partial charge in [-0.05, 0) is 23.6 Å². The molecule has 0 aromatic carbocycles. The molecule has 0 saturated heterocycles. The topological polar surface area (TPSA) is 33.5 Å². The van der Waals surface area contributed by atoms with Crippen molar-refractivity contribution in [2.45, 2.75) is 20.0 Å². The Labute approximate surface area is 108 Å². The van der Waals surface area contributed by atoms with Gasteiger partial charge in [0.25, 0.3) is 5.91 Å². The summed E-state index contributed by atoms with van der Waals surface area (Å²) in [5, 5.41) is -0.198. The molecule has 3 nitrogen and oxygen atoms in total. The average molecular weight is 284 g/mol. The van der Waals surface area contributed by atoms with Gasteiger partial charge in [-0.3, -0.25) is 4.79 Å². The summed E-state index contributed by atoms with van der Waals surface area (Å²) in [6, 6.07) is 1.26. The van der Waals surface area contributed by atoms with Gasteiger partial charge < -0.3 is 9.32 Å². The molecule has 0 saturated carbocycles. The number of hydrogen-bond acceptors (Lipinski definition) is 2. The zero-order valence-electron chi connectivity index (χ0n) is 9.92. The van der Waals surface area contributed by atoms with Crippen molar-refractivity contribution in [3.8, 4) is 0 Å². The van der Waals surface area contributed by atoms with E-state index >= 15 is 0 Å². The minimum Gasteiger partial charge on any atom is -0.452 e. The number of carbonyl (C=O) groups excluding carboxylic acids is 1. The first kappa shape index (κ1) is 14.9. The van der Waals surface area contributed by atoms with Crippen molar-refractivity contribution in [3.63, 3.8) is 0 Å². The van der Waals surface area contributed by atoms with Gasteiger partial charge in [-0.15, -0.1) is 0 Å². The molecule has 0 fully saturated rings. The monoisotopic (exact) mass is 283 g/mol. The van der Waals surface area contributed by atoms with Crippen LogP contribution in [-0.2, 0) is 0 Å². The maximum Gasteiger partial charge on any atom is 0.406 e. The number of carbonyl (C=O) groups is 1. The predicted molar refractivity (Wildman–Crippen MR) is 60.5 cm³/mol. The fourth-order valence-electron chi connectivity index (χ4n) is 1.49. The molecule has 0 aliphatic rings. The SMILES string of the molecule is CC(C)CN(CC(F)(F)F)C(=O)c1ccoc1Cl. The molecule has 0 radical (unpaired) electrons. The van der Waals surface area contributed by atoms with Crippen LogP contribution < -0.4 is 0 Å². The second kappa shape index (κ2) is 5.65. The van der Waals surface area contributed by atoms with Crippen molar-refractivity contribution in [2.75, 3.05) is 13.1 Å². The van der Waals surface area contributed by atoms with E-state index in [4.69, 9.17) is 16.0 Å². The zero-order chi connectivity index (χ0) is 13.9. The first-order valence-electron chi connectivity index (χ1n) is 5.29. The van der Waals surface area contributed by atoms with Crippen molar-refractivity contribution >= 4 is 17.5 Å². The van der Waals surface area contributed by atoms with Crippen LogP contribution in [0.25, 0.3) is 0 Å². The van der Waals surface area contributed by atoms with Crippen molar-refractivity contribution < 1.29 is 22.4 Å². The molecule has 102 valence electrons. The van der Waals surface area contributed by atoms with Crippen LogP contribution in [0.1, 0.15) is 24.2 Å². The van der Waals surface area contributed by atoms with Crippen molar-refractivity contribution in [1.29, 1.82) is 0 Å². The lowest BCUT2D eigenvalue weighted by Crippen LogP contribution is -2.41. The summed E-state index contributed by atoms with van der Waals surface area (Å²) in [6.07, 6.45) is -3.28. The summed E-state index contributed by atoms with van der Waals surface area (Å²) in [5.41, 5.74) is -0.0541. The number of hydrogen-bond donors (Lipinski definition) is 0. The number of alkyl halides is 3. The summed E-state index contributed by atoms with van der Waals surface area (Å²) in [7, 11) is 0. The van der Waals surface area contributed by atoms with Crippen molar-refractivity contribution in [2.24, 2.45) is 5.92 Å². The zero-order valence-corrected chi connectivity index (χ0v) is 10.7. The van der Waals surface area contributed by atoms with Gasteiger partial charge in [0.2, 0.25) is 5.22 Å². The molecule has 1 heterocycles. The largest absolute Gasteiger partial charge is 0.452 e. The number of nitrogens with zero attached hydrogens (tertiary/aromatic N) is 1. The molecule has 7 heteroatoms. The van der Waals surface area contributed by atoms with E-state index in [1.807, 2.05) is 0 Å². The highest BCUT2D eigenvalue weighted by Crippen LogP contribution is 2.23. The summed E-state index contributed by atoms with van der Waals surface area (Å²) >= 11 is 5.59. The number of amides is 1. The smallest absolute Gasteiger partial charge is 0.406 e. The lowest BCUT2D eigenvalue weighted by molar-refractivity contribution is -0.141. The molecule has 18 heavy (non-hydrogen) atoms. The molecule has 1 rings (SSSR count). The number of furan rings is 1. The van der Waals surface area contributed by atoms with Gasteiger partial charge in [-0.1, -0.05) is 13.8 Å². The van der Waals surface area contributed by atoms with E-state index in [1.165, 1.54) is 6.07 Å². The van der Waals surface area contributed by atoms with E-state index in [-0.39, 0.29) is 23.2 Å². The Balaban J connectivity index is 2.89. The first-order valence-corrected chi connectivity index (χ1v) is 5.67. The fraction of sp³-hybridized carbons (Fsp3) is 0.545. The third kappa shape index (κ3) is 4.25. The third-order valence-corrected chi connectivity index (χ3v) is 2.38. The third-order valence-electron chi connectivity index (χ3n) is 2.09. The normalized spacial score (nSPS) is 11.9. The second-order valence-corrected chi connectivity index (χ2v) is 4.65. The highest BCUT2D eigenvalue weighted by atomic mass is 35.5. The molecule has 0 unspecified atom stereocenters. The van der Waals surface area contributed by atoms with E-state index in [9.17, 15) is 18.0 Å². The molecular weight excluding hydrogens is 271 g/mol. The van der Waals surface area contributed by atoms with Crippen molar-refractivity contribution in [1.82, 2.24) is 4.90 Å². The van der Waals surface area contributed by atoms with E-state index < -0.39 is 18.6 Å². The van der Waals surface area contributed by atoms with Gasteiger partial charge in [-0.2, -0.15) is 13.2 Å². The lowest BCUT2D eigenvalue weighted by Gasteiger charge is -2.25. The molecule has 0 bridgehead atoms. The van der Waals surface area contributed by atoms with Crippen LogP contribution in [0.2, 0.25) is 5.22 Å². The lowest BCUT2D eigenvalue weighted by atomic mass is 10.2. The second-order valence-electron chi connectivity index (χ2n) is 4.30. The molecule has 0 spiro atoms. The molecule has 0 aliphatic carbocycles. The summed E-state index contributed by atoms with van der Waals surface area (Å²) in [5.74, 6) is -0.859. The molecule has 1 aromatic rings. The quantitative estimate of drug-likeness (QED) is 0.846. The van der Waals surface area contributed by atoms with E-state index in [0.717, 1.165) is 11.2 Å². The molecule has 0 N–H and O–H groups in total. The molecule has 1 amide bonds. The van der Waals surface area contributed by atoms with Crippen LogP contribution in [0.15, 0.2) is 16.7 Å². The number of halogens is 4. The Bertz CT molecular complexity index is 415. The van der Waals surface area contributed by atoms with Gasteiger partial charge in [0.15, 0.2) is 0 Å². The van der Waals surface area contributed by atoms with Gasteiger partial charge in [0, 0.05) is 6.54 Å². The predicted octanol–water partition coefficient (Wildman–Crippen LogP) is 3.59. The van der Waals surface area contributed by atoms with Crippen LogP contribution in [0.4, 0.5) is 13.2 Å². The van der Waals surface area contributed by atoms with Crippen LogP contribution in [0.5, 0.6) is 0 Å². The first-order chi connectivity index (χ1) is 8.20. The highest BCUT2D eigenvalue weighted by molar-refractivity contribution is 6.32. The summed E-state index contributed by atoms with van der Waals surface area (Å²) < 4.78 is 41.9. The van der Waals surface area contributed by atoms with Crippen molar-refractivity contribution in [3.05, 3.63) is 23.1 Å². The minimum absolute atomic E-state index is 0.000147. The highest BCUT2D eigenvalue weighted by Gasteiger charge is 2.34. The van der Waals surface area contributed by atoms with E-state index in [0.29, 0.717) is 0 Å². The van der Waals surface area contributed by atoms with E-state index in [2.05, 4.69) is 0 Å². The number of rotatable bonds is 4. The van der Waals surface area contributed by atoms with Crippen LogP contribution in [-0.4, -0.2) is 30.1 Å². The standard InChI is InChI=1S/C11H13ClF3NO2/c1-7(2)5-16(6-11(13,14)15)10(17)8-3-4-18-9(8)12/h3-4,7H,5-6H2,1-2H3. The van der Waals surface area contributed by atoms with Gasteiger partial charge >= 0.3 is 6.18 Å². The summed E-state index contributed by atoms with van der Waals surface area (Å²) in [6.45, 7) is 2.16. The molecular formula is C11H13ClF3NO2. The minimum atomic E-state index is -4.44. The summed E-state index contributed by atoms with van der Waals surface area (Å²) in [4.78, 5) is 12.6.